The van der Waals surface area contributed by atoms with Crippen LogP contribution in [0.25, 0.3) is 11.3 Å². The van der Waals surface area contributed by atoms with E-state index in [1.165, 1.54) is 0 Å². The number of esters is 1. The summed E-state index contributed by atoms with van der Waals surface area (Å²) in [6.07, 6.45) is -2.31. The van der Waals surface area contributed by atoms with Gasteiger partial charge in [0.05, 0.1) is 23.8 Å². The van der Waals surface area contributed by atoms with E-state index in [2.05, 4.69) is 15.5 Å². The van der Waals surface area contributed by atoms with Gasteiger partial charge in [0.15, 0.2) is 5.54 Å². The van der Waals surface area contributed by atoms with Crippen LogP contribution in [-0.4, -0.2) is 39.2 Å². The Balaban J connectivity index is 2.11. The van der Waals surface area contributed by atoms with Crippen LogP contribution in [-0.2, 0) is 19.9 Å². The third-order valence-corrected chi connectivity index (χ3v) is 6.23. The number of ether oxygens (including phenoxy) is 1. The number of alkyl halides is 3. The number of rotatable bonds is 8. The first-order chi connectivity index (χ1) is 16.5. The molecule has 2 aromatic rings. The zero-order valence-electron chi connectivity index (χ0n) is 21.9. The third kappa shape index (κ3) is 5.90. The molecule has 0 unspecified atom stereocenters. The minimum Gasteiger partial charge on any atom is -0.461 e. The number of nitrogens with one attached hydrogen (secondary N) is 1. The number of carbonyl (C=O) groups excluding carboxylic acids is 2. The molecular weight excluding hydrogens is 473 g/mol. The summed E-state index contributed by atoms with van der Waals surface area (Å²) in [5, 5.41) is 11.4. The Hall–Kier alpha value is -2.91. The summed E-state index contributed by atoms with van der Waals surface area (Å²) >= 11 is 0. The number of aromatic nitrogens is 3. The van der Waals surface area contributed by atoms with Crippen LogP contribution in [0.4, 0.5) is 13.2 Å². The summed E-state index contributed by atoms with van der Waals surface area (Å²) in [6.45, 7) is 10.1. The number of hydrogen-bond donors (Lipinski definition) is 1. The SMILES string of the molecule is CC(C)OC(=O)[C@](CC(C)(C)C(F)(F)F)(NC(=O)C(C)(C)C)c1ccc(-c2cnn(C3CC3)n2)cc1. The van der Waals surface area contributed by atoms with Gasteiger partial charge in [-0.2, -0.15) is 28.2 Å². The second-order valence-corrected chi connectivity index (χ2v) is 11.5. The molecule has 0 spiro atoms. The van der Waals surface area contributed by atoms with Gasteiger partial charge < -0.3 is 10.1 Å². The van der Waals surface area contributed by atoms with Gasteiger partial charge in [-0.1, -0.05) is 58.9 Å². The summed E-state index contributed by atoms with van der Waals surface area (Å²) in [5.41, 5.74) is -3.86. The zero-order chi connectivity index (χ0) is 27.1. The van der Waals surface area contributed by atoms with Crippen molar-refractivity contribution in [1.82, 2.24) is 20.3 Å². The highest BCUT2D eigenvalue weighted by Gasteiger charge is 2.56. The topological polar surface area (TPSA) is 86.1 Å². The van der Waals surface area contributed by atoms with E-state index in [1.807, 2.05) is 0 Å². The normalized spacial score (nSPS) is 16.5. The fraction of sp³-hybridized carbons (Fsp3) is 0.615. The first-order valence-corrected chi connectivity index (χ1v) is 12.1. The van der Waals surface area contributed by atoms with Crippen molar-refractivity contribution < 1.29 is 27.5 Å². The van der Waals surface area contributed by atoms with Gasteiger partial charge in [0.2, 0.25) is 5.91 Å². The van der Waals surface area contributed by atoms with E-state index in [0.717, 1.165) is 26.7 Å². The van der Waals surface area contributed by atoms with Crippen LogP contribution in [0.5, 0.6) is 0 Å². The lowest BCUT2D eigenvalue weighted by Gasteiger charge is -2.41. The molecule has 1 N–H and O–H groups in total. The summed E-state index contributed by atoms with van der Waals surface area (Å²) in [6, 6.07) is 6.72. The molecule has 0 aliphatic heterocycles. The predicted octanol–water partition coefficient (Wildman–Crippen LogP) is 5.57. The number of hydrogen-bond acceptors (Lipinski definition) is 5. The van der Waals surface area contributed by atoms with Crippen LogP contribution in [0.1, 0.15) is 79.3 Å². The van der Waals surface area contributed by atoms with E-state index in [4.69, 9.17) is 4.74 Å². The van der Waals surface area contributed by atoms with E-state index in [1.54, 1.807) is 69.9 Å². The lowest BCUT2D eigenvalue weighted by Crippen LogP contribution is -2.58. The van der Waals surface area contributed by atoms with Crippen LogP contribution in [0, 0.1) is 10.8 Å². The first kappa shape index (κ1) is 27.7. The van der Waals surface area contributed by atoms with Crippen molar-refractivity contribution >= 4 is 11.9 Å². The quantitative estimate of drug-likeness (QED) is 0.472. The Labute approximate surface area is 209 Å². The van der Waals surface area contributed by atoms with Gasteiger partial charge in [0, 0.05) is 11.0 Å². The number of benzene rings is 1. The van der Waals surface area contributed by atoms with E-state index >= 15 is 0 Å². The molecule has 0 radical (unpaired) electrons. The molecule has 1 aromatic heterocycles. The smallest absolute Gasteiger partial charge is 0.394 e. The largest absolute Gasteiger partial charge is 0.461 e. The molecular formula is C26H35F3N4O3. The molecule has 1 fully saturated rings. The zero-order valence-corrected chi connectivity index (χ0v) is 21.9. The number of halogens is 3. The van der Waals surface area contributed by atoms with E-state index in [-0.39, 0.29) is 5.56 Å². The molecule has 3 rings (SSSR count). The molecule has 1 saturated carbocycles. The van der Waals surface area contributed by atoms with Crippen molar-refractivity contribution in [2.75, 3.05) is 0 Å². The molecule has 1 aliphatic carbocycles. The van der Waals surface area contributed by atoms with Gasteiger partial charge >= 0.3 is 12.1 Å². The third-order valence-electron chi connectivity index (χ3n) is 6.23. The van der Waals surface area contributed by atoms with Crippen molar-refractivity contribution in [3.05, 3.63) is 36.0 Å². The highest BCUT2D eigenvalue weighted by molar-refractivity contribution is 5.91. The fourth-order valence-electron chi connectivity index (χ4n) is 3.73. The van der Waals surface area contributed by atoms with Gasteiger partial charge in [-0.15, -0.1) is 0 Å². The molecule has 0 bridgehead atoms. The Morgan fingerprint density at radius 3 is 2.14 bits per heavy atom. The lowest BCUT2D eigenvalue weighted by atomic mass is 9.73. The predicted molar refractivity (Wildman–Crippen MR) is 129 cm³/mol. The average Bonchev–Trinajstić information content (AvgIpc) is 3.47. The van der Waals surface area contributed by atoms with Crippen LogP contribution >= 0.6 is 0 Å². The van der Waals surface area contributed by atoms with Crippen LogP contribution in [0.3, 0.4) is 0 Å². The van der Waals surface area contributed by atoms with Gasteiger partial charge in [-0.3, -0.25) is 4.79 Å². The summed E-state index contributed by atoms with van der Waals surface area (Å²) in [5.74, 6) is -1.52. The molecule has 1 amide bonds. The summed E-state index contributed by atoms with van der Waals surface area (Å²) in [7, 11) is 0. The molecule has 1 aromatic carbocycles. The molecule has 1 heterocycles. The molecule has 0 saturated heterocycles. The minimum atomic E-state index is -4.63. The van der Waals surface area contributed by atoms with Crippen LogP contribution in [0.2, 0.25) is 0 Å². The Bertz CT molecular complexity index is 1100. The monoisotopic (exact) mass is 508 g/mol. The molecule has 198 valence electrons. The van der Waals surface area contributed by atoms with Crippen molar-refractivity contribution in [3.63, 3.8) is 0 Å². The Morgan fingerprint density at radius 2 is 1.67 bits per heavy atom. The van der Waals surface area contributed by atoms with Gasteiger partial charge in [-0.05, 0) is 38.7 Å². The van der Waals surface area contributed by atoms with Crippen molar-refractivity contribution in [3.8, 4) is 11.3 Å². The van der Waals surface area contributed by atoms with Gasteiger partial charge in [0.25, 0.3) is 0 Å². The number of nitrogens with zero attached hydrogens (tertiary/aromatic N) is 3. The van der Waals surface area contributed by atoms with Gasteiger partial charge in [-0.25, -0.2) is 4.79 Å². The second-order valence-electron chi connectivity index (χ2n) is 11.5. The lowest BCUT2D eigenvalue weighted by molar-refractivity contribution is -0.221. The molecule has 1 atom stereocenters. The van der Waals surface area contributed by atoms with Crippen molar-refractivity contribution in [1.29, 1.82) is 0 Å². The first-order valence-electron chi connectivity index (χ1n) is 12.1. The fourth-order valence-corrected chi connectivity index (χ4v) is 3.73. The van der Waals surface area contributed by atoms with E-state index in [9.17, 15) is 22.8 Å². The van der Waals surface area contributed by atoms with E-state index in [0.29, 0.717) is 17.3 Å². The standard InChI is InChI=1S/C26H35F3N4O3/c1-16(2)36-22(35)25(31-21(34)23(3,4)5,15-24(6,7)26(27,28)29)18-10-8-17(9-11-18)20-14-30-33(32-20)19-12-13-19/h8-11,14,16,19H,12-13,15H2,1-7H3,(H,31,34)/t25-/m1/s1. The summed E-state index contributed by atoms with van der Waals surface area (Å²) < 4.78 is 47.6. The number of amides is 1. The highest BCUT2D eigenvalue weighted by atomic mass is 19.4. The van der Waals surface area contributed by atoms with Crippen LogP contribution in [0.15, 0.2) is 30.5 Å². The van der Waals surface area contributed by atoms with Crippen molar-refractivity contribution in [2.24, 2.45) is 10.8 Å². The Kier molecular flexibility index (Phi) is 7.32. The van der Waals surface area contributed by atoms with Gasteiger partial charge in [0.1, 0.15) is 5.69 Å². The summed E-state index contributed by atoms with van der Waals surface area (Å²) in [4.78, 5) is 28.3. The van der Waals surface area contributed by atoms with E-state index < -0.39 is 46.9 Å². The maximum absolute atomic E-state index is 14.1. The second kappa shape index (κ2) is 9.52. The Morgan fingerprint density at radius 1 is 1.08 bits per heavy atom. The highest BCUT2D eigenvalue weighted by Crippen LogP contribution is 2.47. The maximum atomic E-state index is 14.1. The van der Waals surface area contributed by atoms with Crippen molar-refractivity contribution in [2.45, 2.75) is 91.6 Å². The molecule has 7 nitrogen and oxygen atoms in total. The maximum Gasteiger partial charge on any atom is 0.394 e. The molecule has 36 heavy (non-hydrogen) atoms. The number of carbonyl (C=O) groups is 2. The molecule has 10 heteroatoms. The van der Waals surface area contributed by atoms with Crippen LogP contribution < -0.4 is 5.32 Å². The minimum absolute atomic E-state index is 0.196. The average molecular weight is 509 g/mol. The molecule has 1 aliphatic rings.